The van der Waals surface area contributed by atoms with Gasteiger partial charge in [-0.1, -0.05) is 0 Å². The number of rotatable bonds is 2. The quantitative estimate of drug-likeness (QED) is 0.759. The van der Waals surface area contributed by atoms with Gasteiger partial charge in [0.2, 0.25) is 0 Å². The van der Waals surface area contributed by atoms with Crippen LogP contribution in [0.2, 0.25) is 0 Å². The number of nitrogens with zero attached hydrogens (tertiary/aromatic N) is 1. The van der Waals surface area contributed by atoms with Crippen LogP contribution in [0.3, 0.4) is 0 Å². The second-order valence-corrected chi connectivity index (χ2v) is 3.69. The molecule has 14 heavy (non-hydrogen) atoms. The number of amides is 2. The fourth-order valence-corrected chi connectivity index (χ4v) is 1.50. The van der Waals surface area contributed by atoms with Crippen molar-refractivity contribution in [2.24, 2.45) is 0 Å². The molecule has 0 heterocycles. The second-order valence-electron chi connectivity index (χ2n) is 2.81. The van der Waals surface area contributed by atoms with Crippen LogP contribution in [0.5, 0.6) is 0 Å². The molecule has 0 aromatic heterocycles. The molecule has 1 aromatic carbocycles. The van der Waals surface area contributed by atoms with Gasteiger partial charge in [-0.2, -0.15) is 0 Å². The zero-order chi connectivity index (χ0) is 10.6. The fourth-order valence-electron chi connectivity index (χ4n) is 1.09. The van der Waals surface area contributed by atoms with Crippen LogP contribution in [0.1, 0.15) is 0 Å². The first-order chi connectivity index (χ1) is 6.69. The molecule has 3 nitrogen and oxygen atoms in total. The summed E-state index contributed by atoms with van der Waals surface area (Å²) in [6, 6.07) is 7.75. The van der Waals surface area contributed by atoms with E-state index in [2.05, 4.69) is 5.32 Å². The topological polar surface area (TPSA) is 32.3 Å². The lowest BCUT2D eigenvalue weighted by Crippen LogP contribution is -2.34. The third-order valence-electron chi connectivity index (χ3n) is 1.98. The first-order valence-corrected chi connectivity index (χ1v) is 5.51. The maximum absolute atomic E-state index is 11.3. The van der Waals surface area contributed by atoms with E-state index in [0.717, 1.165) is 5.69 Å². The van der Waals surface area contributed by atoms with Gasteiger partial charge in [0.25, 0.3) is 0 Å². The summed E-state index contributed by atoms with van der Waals surface area (Å²) >= 11 is 1.68. The Morgan fingerprint density at radius 3 is 2.36 bits per heavy atom. The molecular weight excluding hydrogens is 196 g/mol. The molecule has 1 aromatic rings. The lowest BCUT2D eigenvalue weighted by atomic mass is 10.3. The number of carbonyl (C=O) groups is 1. The molecule has 0 atom stereocenters. The minimum absolute atomic E-state index is 0.109. The molecule has 0 spiro atoms. The molecule has 2 amide bonds. The van der Waals surface area contributed by atoms with Crippen LogP contribution in [-0.4, -0.2) is 26.4 Å². The maximum atomic E-state index is 11.3. The number of nitrogens with one attached hydrogen (secondary N) is 1. The molecule has 0 aliphatic carbocycles. The van der Waals surface area contributed by atoms with Gasteiger partial charge in [0.15, 0.2) is 0 Å². The predicted molar refractivity (Wildman–Crippen MR) is 61.1 cm³/mol. The Bertz CT molecular complexity index is 310. The van der Waals surface area contributed by atoms with Crippen molar-refractivity contribution >= 4 is 23.5 Å². The Morgan fingerprint density at radius 2 is 1.93 bits per heavy atom. The predicted octanol–water partition coefficient (Wildman–Crippen LogP) is 2.18. The van der Waals surface area contributed by atoms with Crippen LogP contribution >= 0.6 is 11.8 Å². The van der Waals surface area contributed by atoms with Crippen molar-refractivity contribution in [3.05, 3.63) is 24.3 Å². The monoisotopic (exact) mass is 210 g/mol. The molecule has 0 fully saturated rings. The first-order valence-electron chi connectivity index (χ1n) is 4.28. The van der Waals surface area contributed by atoms with Crippen molar-refractivity contribution in [3.8, 4) is 0 Å². The van der Waals surface area contributed by atoms with Crippen LogP contribution in [-0.2, 0) is 0 Å². The molecule has 4 heteroatoms. The lowest BCUT2D eigenvalue weighted by molar-refractivity contribution is 0.249. The zero-order valence-electron chi connectivity index (χ0n) is 8.57. The van der Waals surface area contributed by atoms with E-state index in [0.29, 0.717) is 0 Å². The van der Waals surface area contributed by atoms with E-state index in [9.17, 15) is 4.79 Å². The largest absolute Gasteiger partial charge is 0.341 e. The highest BCUT2D eigenvalue weighted by molar-refractivity contribution is 7.98. The van der Waals surface area contributed by atoms with Crippen molar-refractivity contribution in [2.75, 3.05) is 25.3 Å². The van der Waals surface area contributed by atoms with Crippen LogP contribution in [0.4, 0.5) is 10.5 Å². The number of urea groups is 1. The molecule has 0 saturated heterocycles. The average Bonchev–Trinajstić information content (AvgIpc) is 2.27. The molecule has 0 aliphatic heterocycles. The Kier molecular flexibility index (Phi) is 3.83. The van der Waals surface area contributed by atoms with Gasteiger partial charge in [0, 0.05) is 24.7 Å². The molecule has 0 unspecified atom stereocenters. The Morgan fingerprint density at radius 1 is 1.36 bits per heavy atom. The van der Waals surface area contributed by atoms with E-state index in [1.54, 1.807) is 30.8 Å². The van der Waals surface area contributed by atoms with Gasteiger partial charge in [-0.3, -0.25) is 4.90 Å². The van der Waals surface area contributed by atoms with Gasteiger partial charge in [-0.15, -0.1) is 11.8 Å². The van der Waals surface area contributed by atoms with Crippen molar-refractivity contribution in [1.29, 1.82) is 0 Å². The number of hydrogen-bond donors (Lipinski definition) is 1. The maximum Gasteiger partial charge on any atom is 0.321 e. The summed E-state index contributed by atoms with van der Waals surface area (Å²) in [6.45, 7) is 0. The first kappa shape index (κ1) is 10.9. The average molecular weight is 210 g/mol. The molecular formula is C10H14N2OS. The summed E-state index contributed by atoms with van der Waals surface area (Å²) in [4.78, 5) is 14.0. The van der Waals surface area contributed by atoms with Crippen molar-refractivity contribution < 1.29 is 4.79 Å². The second kappa shape index (κ2) is 4.91. The van der Waals surface area contributed by atoms with E-state index in [1.807, 2.05) is 30.5 Å². The van der Waals surface area contributed by atoms with Crippen LogP contribution < -0.4 is 10.2 Å². The van der Waals surface area contributed by atoms with Crippen molar-refractivity contribution in [1.82, 2.24) is 5.32 Å². The standard InChI is InChI=1S/C10H14N2OS/c1-11-10(13)12(2)8-4-6-9(14-3)7-5-8/h4-7H,1-3H3,(H,11,13). The van der Waals surface area contributed by atoms with Crippen molar-refractivity contribution in [3.63, 3.8) is 0 Å². The summed E-state index contributed by atoms with van der Waals surface area (Å²) in [5.41, 5.74) is 0.891. The molecule has 0 saturated carbocycles. The normalized spacial score (nSPS) is 9.64. The van der Waals surface area contributed by atoms with Gasteiger partial charge in [0.05, 0.1) is 0 Å². The Balaban J connectivity index is 2.81. The number of thioether (sulfide) groups is 1. The van der Waals surface area contributed by atoms with Gasteiger partial charge in [-0.05, 0) is 30.5 Å². The Hall–Kier alpha value is -1.16. The van der Waals surface area contributed by atoms with E-state index < -0.39 is 0 Å². The van der Waals surface area contributed by atoms with E-state index in [-0.39, 0.29) is 6.03 Å². The Labute approximate surface area is 88.5 Å². The molecule has 1 N–H and O–H groups in total. The van der Waals surface area contributed by atoms with Crippen LogP contribution in [0.25, 0.3) is 0 Å². The highest BCUT2D eigenvalue weighted by atomic mass is 32.2. The highest BCUT2D eigenvalue weighted by Crippen LogP contribution is 2.19. The molecule has 1 rings (SSSR count). The van der Waals surface area contributed by atoms with Crippen LogP contribution in [0.15, 0.2) is 29.2 Å². The van der Waals surface area contributed by atoms with Gasteiger partial charge in [-0.25, -0.2) is 4.79 Å². The number of benzene rings is 1. The van der Waals surface area contributed by atoms with E-state index in [4.69, 9.17) is 0 Å². The van der Waals surface area contributed by atoms with Gasteiger partial charge in [0.1, 0.15) is 0 Å². The number of hydrogen-bond acceptors (Lipinski definition) is 2. The molecule has 0 bridgehead atoms. The lowest BCUT2D eigenvalue weighted by Gasteiger charge is -2.16. The minimum Gasteiger partial charge on any atom is -0.341 e. The molecule has 0 radical (unpaired) electrons. The van der Waals surface area contributed by atoms with Gasteiger partial charge < -0.3 is 5.32 Å². The van der Waals surface area contributed by atoms with E-state index in [1.165, 1.54) is 4.90 Å². The number of carbonyl (C=O) groups excluding carboxylic acids is 1. The zero-order valence-corrected chi connectivity index (χ0v) is 9.39. The van der Waals surface area contributed by atoms with Crippen LogP contribution in [0, 0.1) is 0 Å². The van der Waals surface area contributed by atoms with Crippen molar-refractivity contribution in [2.45, 2.75) is 4.90 Å². The third-order valence-corrected chi connectivity index (χ3v) is 2.72. The summed E-state index contributed by atoms with van der Waals surface area (Å²) in [5.74, 6) is 0. The number of anilines is 1. The fraction of sp³-hybridized carbons (Fsp3) is 0.300. The summed E-state index contributed by atoms with van der Waals surface area (Å²) in [6.07, 6.45) is 2.03. The molecule has 0 aliphatic rings. The minimum atomic E-state index is -0.109. The third kappa shape index (κ3) is 2.42. The summed E-state index contributed by atoms with van der Waals surface area (Å²) < 4.78 is 0. The molecule has 76 valence electrons. The SMILES string of the molecule is CNC(=O)N(C)c1ccc(SC)cc1. The smallest absolute Gasteiger partial charge is 0.321 e. The van der Waals surface area contributed by atoms with E-state index >= 15 is 0 Å². The highest BCUT2D eigenvalue weighted by Gasteiger charge is 2.07. The summed E-state index contributed by atoms with van der Waals surface area (Å²) in [5, 5.41) is 2.57. The summed E-state index contributed by atoms with van der Waals surface area (Å²) in [7, 11) is 3.36. The van der Waals surface area contributed by atoms with Gasteiger partial charge >= 0.3 is 6.03 Å².